The van der Waals surface area contributed by atoms with E-state index in [-0.39, 0.29) is 6.42 Å². The minimum atomic E-state index is -0.743. The Balaban J connectivity index is 1.81. The maximum absolute atomic E-state index is 10.5. The molecule has 0 aliphatic heterocycles. The van der Waals surface area contributed by atoms with Gasteiger partial charge in [-0.25, -0.2) is 0 Å². The van der Waals surface area contributed by atoms with E-state index in [9.17, 15) is 4.79 Å². The Labute approximate surface area is 125 Å². The molecule has 2 aromatic rings. The topological polar surface area (TPSA) is 46.5 Å². The van der Waals surface area contributed by atoms with Crippen molar-refractivity contribution in [1.29, 1.82) is 0 Å². The maximum atomic E-state index is 10.5. The first-order valence-electron chi connectivity index (χ1n) is 7.12. The van der Waals surface area contributed by atoms with Gasteiger partial charge in [-0.2, -0.15) is 0 Å². The summed E-state index contributed by atoms with van der Waals surface area (Å²) in [4.78, 5) is 10.5. The summed E-state index contributed by atoms with van der Waals surface area (Å²) < 4.78 is 5.74. The first kappa shape index (κ1) is 15.1. The van der Waals surface area contributed by atoms with Gasteiger partial charge >= 0.3 is 5.97 Å². The Hall–Kier alpha value is -2.29. The van der Waals surface area contributed by atoms with E-state index >= 15 is 0 Å². The third-order valence-corrected chi connectivity index (χ3v) is 3.31. The molecular weight excluding hydrogens is 264 g/mol. The number of hydrogen-bond donors (Lipinski definition) is 1. The highest BCUT2D eigenvalue weighted by atomic mass is 16.5. The SMILES string of the molecule is Cc1ccc(COc2ccc(CCCC(=O)O)cc2)cc1. The summed E-state index contributed by atoms with van der Waals surface area (Å²) >= 11 is 0. The molecule has 0 aliphatic carbocycles. The third-order valence-electron chi connectivity index (χ3n) is 3.31. The van der Waals surface area contributed by atoms with Crippen LogP contribution in [0.2, 0.25) is 0 Å². The number of ether oxygens (including phenoxy) is 1. The van der Waals surface area contributed by atoms with Crippen LogP contribution in [0.4, 0.5) is 0 Å². The summed E-state index contributed by atoms with van der Waals surface area (Å²) in [6.07, 6.45) is 1.66. The predicted octanol–water partition coefficient (Wildman–Crippen LogP) is 3.98. The van der Waals surface area contributed by atoms with Crippen LogP contribution in [0.25, 0.3) is 0 Å². The lowest BCUT2D eigenvalue weighted by molar-refractivity contribution is -0.137. The number of carbonyl (C=O) groups is 1. The van der Waals surface area contributed by atoms with E-state index in [4.69, 9.17) is 9.84 Å². The molecule has 0 saturated heterocycles. The van der Waals surface area contributed by atoms with Gasteiger partial charge in [-0.1, -0.05) is 42.0 Å². The molecule has 0 bridgehead atoms. The molecule has 110 valence electrons. The van der Waals surface area contributed by atoms with Gasteiger partial charge in [0, 0.05) is 6.42 Å². The molecule has 0 heterocycles. The van der Waals surface area contributed by atoms with Crippen molar-refractivity contribution in [2.24, 2.45) is 0 Å². The summed E-state index contributed by atoms with van der Waals surface area (Å²) in [5.74, 6) is 0.0885. The minimum Gasteiger partial charge on any atom is -0.489 e. The molecule has 2 rings (SSSR count). The van der Waals surface area contributed by atoms with Crippen LogP contribution >= 0.6 is 0 Å². The van der Waals surface area contributed by atoms with Gasteiger partial charge < -0.3 is 9.84 Å². The van der Waals surface area contributed by atoms with Gasteiger partial charge in [-0.15, -0.1) is 0 Å². The third kappa shape index (κ3) is 5.30. The predicted molar refractivity (Wildman–Crippen MR) is 82.5 cm³/mol. The summed E-state index contributed by atoms with van der Waals surface area (Å²) in [6, 6.07) is 16.1. The molecule has 0 fully saturated rings. The van der Waals surface area contributed by atoms with Crippen molar-refractivity contribution in [1.82, 2.24) is 0 Å². The highest BCUT2D eigenvalue weighted by molar-refractivity contribution is 5.66. The number of hydrogen-bond acceptors (Lipinski definition) is 2. The number of aliphatic carboxylic acids is 1. The standard InChI is InChI=1S/C18H20O3/c1-14-5-7-16(8-6-14)13-21-17-11-9-15(10-12-17)3-2-4-18(19)20/h5-12H,2-4,13H2,1H3,(H,19,20). The van der Waals surface area contributed by atoms with Crippen molar-refractivity contribution in [3.63, 3.8) is 0 Å². The van der Waals surface area contributed by atoms with Gasteiger partial charge in [0.2, 0.25) is 0 Å². The second-order valence-electron chi connectivity index (χ2n) is 5.17. The van der Waals surface area contributed by atoms with Crippen LogP contribution in [-0.2, 0) is 17.8 Å². The van der Waals surface area contributed by atoms with E-state index in [2.05, 4.69) is 31.2 Å². The number of benzene rings is 2. The second-order valence-corrected chi connectivity index (χ2v) is 5.17. The molecule has 0 atom stereocenters. The van der Waals surface area contributed by atoms with Crippen molar-refractivity contribution in [2.45, 2.75) is 32.8 Å². The van der Waals surface area contributed by atoms with Crippen molar-refractivity contribution in [3.8, 4) is 5.75 Å². The molecule has 0 radical (unpaired) electrons. The molecule has 21 heavy (non-hydrogen) atoms. The van der Waals surface area contributed by atoms with Crippen molar-refractivity contribution >= 4 is 5.97 Å². The van der Waals surface area contributed by atoms with Gasteiger partial charge in [0.05, 0.1) is 0 Å². The van der Waals surface area contributed by atoms with E-state index in [0.29, 0.717) is 13.0 Å². The van der Waals surface area contributed by atoms with Crippen LogP contribution in [-0.4, -0.2) is 11.1 Å². The van der Waals surface area contributed by atoms with E-state index < -0.39 is 5.97 Å². The Kier molecular flexibility index (Phi) is 5.38. The maximum Gasteiger partial charge on any atom is 0.303 e. The molecule has 3 heteroatoms. The molecule has 3 nitrogen and oxygen atoms in total. The highest BCUT2D eigenvalue weighted by Crippen LogP contribution is 2.16. The average molecular weight is 284 g/mol. The summed E-state index contributed by atoms with van der Waals surface area (Å²) in [6.45, 7) is 2.62. The average Bonchev–Trinajstić information content (AvgIpc) is 2.48. The molecule has 1 N–H and O–H groups in total. The van der Waals surface area contributed by atoms with E-state index in [1.54, 1.807) is 0 Å². The van der Waals surface area contributed by atoms with Crippen LogP contribution in [0.5, 0.6) is 5.75 Å². The van der Waals surface area contributed by atoms with Crippen LogP contribution in [0, 0.1) is 6.92 Å². The van der Waals surface area contributed by atoms with Gasteiger partial charge in [0.1, 0.15) is 12.4 Å². The lowest BCUT2D eigenvalue weighted by Gasteiger charge is -2.07. The molecule has 0 unspecified atom stereocenters. The first-order chi connectivity index (χ1) is 10.1. The van der Waals surface area contributed by atoms with Gasteiger partial charge in [0.25, 0.3) is 0 Å². The zero-order valence-electron chi connectivity index (χ0n) is 12.2. The summed E-state index contributed by atoms with van der Waals surface area (Å²) in [5.41, 5.74) is 3.52. The normalized spacial score (nSPS) is 10.3. The molecule has 0 amide bonds. The molecule has 0 saturated carbocycles. The van der Waals surface area contributed by atoms with Crippen LogP contribution < -0.4 is 4.74 Å². The van der Waals surface area contributed by atoms with Crippen molar-refractivity contribution < 1.29 is 14.6 Å². The van der Waals surface area contributed by atoms with E-state index in [1.807, 2.05) is 24.3 Å². The van der Waals surface area contributed by atoms with Crippen LogP contribution in [0.3, 0.4) is 0 Å². The van der Waals surface area contributed by atoms with Gasteiger partial charge in [-0.3, -0.25) is 4.79 Å². The van der Waals surface area contributed by atoms with Crippen molar-refractivity contribution in [3.05, 3.63) is 65.2 Å². The summed E-state index contributed by atoms with van der Waals surface area (Å²) in [7, 11) is 0. The van der Waals surface area contributed by atoms with E-state index in [0.717, 1.165) is 23.3 Å². The summed E-state index contributed by atoms with van der Waals surface area (Å²) in [5, 5.41) is 8.61. The monoisotopic (exact) mass is 284 g/mol. The van der Waals surface area contributed by atoms with Crippen molar-refractivity contribution in [2.75, 3.05) is 0 Å². The fourth-order valence-corrected chi connectivity index (χ4v) is 2.05. The Bertz CT molecular complexity index is 570. The molecular formula is C18H20O3. The molecule has 0 aliphatic rings. The quantitative estimate of drug-likeness (QED) is 0.836. The molecule has 0 aromatic heterocycles. The van der Waals surface area contributed by atoms with Gasteiger partial charge in [-0.05, 0) is 43.0 Å². The highest BCUT2D eigenvalue weighted by Gasteiger charge is 2.00. The fraction of sp³-hybridized carbons (Fsp3) is 0.278. The lowest BCUT2D eigenvalue weighted by Crippen LogP contribution is -1.97. The van der Waals surface area contributed by atoms with Crippen LogP contribution in [0.15, 0.2) is 48.5 Å². The first-order valence-corrected chi connectivity index (χ1v) is 7.12. The Morgan fingerprint density at radius 2 is 1.62 bits per heavy atom. The second kappa shape index (κ2) is 7.48. The van der Waals surface area contributed by atoms with Crippen LogP contribution in [0.1, 0.15) is 29.5 Å². The number of aryl methyl sites for hydroxylation is 2. The zero-order chi connectivity index (χ0) is 15.1. The zero-order valence-corrected chi connectivity index (χ0v) is 12.2. The largest absolute Gasteiger partial charge is 0.489 e. The number of carboxylic acid groups (broad SMARTS) is 1. The number of rotatable bonds is 7. The lowest BCUT2D eigenvalue weighted by atomic mass is 10.1. The molecule has 0 spiro atoms. The Morgan fingerprint density at radius 3 is 2.24 bits per heavy atom. The van der Waals surface area contributed by atoms with E-state index in [1.165, 1.54) is 5.56 Å². The fourth-order valence-electron chi connectivity index (χ4n) is 2.05. The minimum absolute atomic E-state index is 0.214. The Morgan fingerprint density at radius 1 is 1.00 bits per heavy atom. The number of carboxylic acids is 1. The molecule has 2 aromatic carbocycles. The van der Waals surface area contributed by atoms with Gasteiger partial charge in [0.15, 0.2) is 0 Å². The smallest absolute Gasteiger partial charge is 0.303 e.